The van der Waals surface area contributed by atoms with Crippen molar-refractivity contribution >= 4 is 27.3 Å². The van der Waals surface area contributed by atoms with Crippen molar-refractivity contribution in [1.82, 2.24) is 4.57 Å². The van der Waals surface area contributed by atoms with Gasteiger partial charge in [0.25, 0.3) is 11.8 Å². The van der Waals surface area contributed by atoms with Crippen LogP contribution in [0, 0.1) is 0 Å². The molecule has 0 aliphatic rings. The molecule has 0 aliphatic carbocycles. The number of primary amides is 1. The summed E-state index contributed by atoms with van der Waals surface area (Å²) < 4.78 is 25.9. The Kier molecular flexibility index (Phi) is 5.89. The molecule has 0 atom stereocenters. The first-order valence-corrected chi connectivity index (χ1v) is 10.5. The van der Waals surface area contributed by atoms with Crippen LogP contribution in [0.5, 0.6) is 0 Å². The average molecular weight is 423 g/mol. The molecule has 0 spiro atoms. The van der Waals surface area contributed by atoms with Gasteiger partial charge in [0.05, 0.1) is 4.90 Å². The van der Waals surface area contributed by atoms with Crippen molar-refractivity contribution in [2.45, 2.75) is 18.4 Å². The summed E-state index contributed by atoms with van der Waals surface area (Å²) in [4.78, 5) is 24.1. The number of amides is 2. The van der Waals surface area contributed by atoms with Gasteiger partial charge in [-0.15, -0.1) is 0 Å². The molecular weight excluding hydrogens is 402 g/mol. The van der Waals surface area contributed by atoms with Crippen LogP contribution in [0.2, 0.25) is 0 Å². The molecule has 30 heavy (non-hydrogen) atoms. The second kappa shape index (κ2) is 8.38. The fraction of sp³-hybridized carbons (Fsp3) is 0.0909. The molecule has 0 radical (unpaired) electrons. The zero-order chi connectivity index (χ0) is 21.9. The van der Waals surface area contributed by atoms with Gasteiger partial charge in [-0.3, -0.25) is 9.59 Å². The maximum Gasteiger partial charge on any atom is 0.265 e. The zero-order valence-electron chi connectivity index (χ0n) is 16.3. The van der Waals surface area contributed by atoms with Crippen LogP contribution in [-0.2, 0) is 16.4 Å². The molecule has 0 fully saturated rings. The largest absolute Gasteiger partial charge is 0.364 e. The van der Waals surface area contributed by atoms with Crippen LogP contribution in [0.25, 0.3) is 0 Å². The summed E-state index contributed by atoms with van der Waals surface area (Å²) in [7, 11) is -3.55. The number of carbonyl (C=O) groups is 2. The Bertz CT molecular complexity index is 1210. The molecule has 2 amide bonds. The van der Waals surface area contributed by atoms with Crippen molar-refractivity contribution < 1.29 is 18.0 Å². The first-order chi connectivity index (χ1) is 14.2. The predicted molar refractivity (Wildman–Crippen MR) is 115 cm³/mol. The minimum atomic E-state index is -3.55. The summed E-state index contributed by atoms with van der Waals surface area (Å²) in [5.41, 5.74) is 7.58. The molecule has 8 heteroatoms. The minimum Gasteiger partial charge on any atom is -0.364 e. The number of nitrogens with one attached hydrogen (secondary N) is 1. The molecule has 0 unspecified atom stereocenters. The third-order valence-electron chi connectivity index (χ3n) is 4.53. The first-order valence-electron chi connectivity index (χ1n) is 9.04. The summed E-state index contributed by atoms with van der Waals surface area (Å²) in [5, 5.41) is 2.73. The van der Waals surface area contributed by atoms with Crippen LogP contribution in [0.15, 0.2) is 83.2 Å². The second-order valence-electron chi connectivity index (χ2n) is 6.77. The molecule has 7 nitrogen and oxygen atoms in total. The van der Waals surface area contributed by atoms with E-state index in [0.717, 1.165) is 5.56 Å². The van der Waals surface area contributed by atoms with Gasteiger partial charge in [0.1, 0.15) is 5.69 Å². The topological polar surface area (TPSA) is 111 Å². The van der Waals surface area contributed by atoms with Crippen LogP contribution >= 0.6 is 0 Å². The van der Waals surface area contributed by atoms with E-state index < -0.39 is 15.7 Å². The van der Waals surface area contributed by atoms with E-state index in [-0.39, 0.29) is 15.7 Å². The number of rotatable bonds is 7. The molecule has 3 rings (SSSR count). The molecule has 1 heterocycles. The van der Waals surface area contributed by atoms with Gasteiger partial charge < -0.3 is 15.6 Å². The first kappa shape index (κ1) is 21.1. The quantitative estimate of drug-likeness (QED) is 0.608. The fourth-order valence-corrected chi connectivity index (χ4v) is 3.75. The molecule has 1 aromatic heterocycles. The number of nitrogens with zero attached hydrogens (tertiary/aromatic N) is 1. The Hall–Kier alpha value is -3.65. The lowest BCUT2D eigenvalue weighted by molar-refractivity contribution is 0.0990. The van der Waals surface area contributed by atoms with Crippen LogP contribution in [0.1, 0.15) is 33.3 Å². The van der Waals surface area contributed by atoms with E-state index >= 15 is 0 Å². The van der Waals surface area contributed by atoms with Crippen molar-refractivity contribution in [2.75, 3.05) is 5.32 Å². The van der Waals surface area contributed by atoms with E-state index in [1.807, 2.05) is 0 Å². The molecule has 3 aromatic rings. The summed E-state index contributed by atoms with van der Waals surface area (Å²) >= 11 is 0. The highest BCUT2D eigenvalue weighted by atomic mass is 32.2. The maximum atomic E-state index is 12.5. The van der Waals surface area contributed by atoms with Gasteiger partial charge in [0.2, 0.25) is 9.84 Å². The third kappa shape index (κ3) is 4.49. The maximum absolute atomic E-state index is 12.5. The minimum absolute atomic E-state index is 0.0576. The van der Waals surface area contributed by atoms with Crippen molar-refractivity contribution in [1.29, 1.82) is 0 Å². The Morgan fingerprint density at radius 1 is 1.03 bits per heavy atom. The van der Waals surface area contributed by atoms with Crippen molar-refractivity contribution in [3.63, 3.8) is 0 Å². The smallest absolute Gasteiger partial charge is 0.265 e. The normalized spacial score (nSPS) is 11.1. The average Bonchev–Trinajstić information content (AvgIpc) is 3.17. The number of sulfone groups is 1. The molecule has 0 saturated carbocycles. The number of hydrogen-bond acceptors (Lipinski definition) is 4. The highest BCUT2D eigenvalue weighted by Gasteiger charge is 2.15. The summed E-state index contributed by atoms with van der Waals surface area (Å²) in [6, 6.07) is 16.2. The Morgan fingerprint density at radius 2 is 1.67 bits per heavy atom. The lowest BCUT2D eigenvalue weighted by Crippen LogP contribution is -2.17. The molecule has 0 aliphatic heterocycles. The van der Waals surface area contributed by atoms with Crippen molar-refractivity contribution in [3.8, 4) is 0 Å². The number of aromatic nitrogens is 1. The highest BCUT2D eigenvalue weighted by molar-refractivity contribution is 7.95. The third-order valence-corrected chi connectivity index (χ3v) is 6.34. The highest BCUT2D eigenvalue weighted by Crippen LogP contribution is 2.20. The lowest BCUT2D eigenvalue weighted by atomic mass is 10.1. The predicted octanol–water partition coefficient (Wildman–Crippen LogP) is 3.19. The van der Waals surface area contributed by atoms with Crippen LogP contribution in [-0.4, -0.2) is 24.8 Å². The van der Waals surface area contributed by atoms with Crippen LogP contribution in [0.3, 0.4) is 0 Å². The van der Waals surface area contributed by atoms with Gasteiger partial charge in [-0.2, -0.15) is 0 Å². The summed E-state index contributed by atoms with van der Waals surface area (Å²) in [5.74, 6) is -0.825. The van der Waals surface area contributed by atoms with Crippen LogP contribution in [0.4, 0.5) is 5.69 Å². The van der Waals surface area contributed by atoms with E-state index in [9.17, 15) is 18.0 Å². The van der Waals surface area contributed by atoms with Crippen molar-refractivity contribution in [3.05, 3.63) is 95.2 Å². The Morgan fingerprint density at radius 3 is 2.23 bits per heavy atom. The number of nitrogens with two attached hydrogens (primary N) is 1. The van der Waals surface area contributed by atoms with Gasteiger partial charge in [-0.1, -0.05) is 18.7 Å². The molecule has 2 aromatic carbocycles. The van der Waals surface area contributed by atoms with E-state index in [1.54, 1.807) is 47.2 Å². The van der Waals surface area contributed by atoms with E-state index in [4.69, 9.17) is 5.73 Å². The summed E-state index contributed by atoms with van der Waals surface area (Å²) in [6.07, 6.45) is 1.76. The number of hydrogen-bond donors (Lipinski definition) is 2. The van der Waals surface area contributed by atoms with Gasteiger partial charge in [0.15, 0.2) is 0 Å². The molecular formula is C22H21N3O4S. The van der Waals surface area contributed by atoms with Gasteiger partial charge in [-0.25, -0.2) is 8.42 Å². The van der Waals surface area contributed by atoms with E-state index in [0.29, 0.717) is 23.5 Å². The molecule has 0 saturated heterocycles. The fourth-order valence-electron chi connectivity index (χ4n) is 2.86. The second-order valence-corrected chi connectivity index (χ2v) is 8.94. The monoisotopic (exact) mass is 423 g/mol. The zero-order valence-corrected chi connectivity index (χ0v) is 17.1. The molecule has 3 N–H and O–H groups in total. The SMILES string of the molecule is C=C(C)S(=O)(=O)c1ccc(NC(=O)c2ccc(Cn3cccc3C(N)=O)cc2)cc1. The molecule has 154 valence electrons. The standard InChI is InChI=1S/C22H21N3O4S/c1-15(2)30(28,29)19-11-9-18(10-12-19)24-22(27)17-7-5-16(6-8-17)14-25-13-3-4-20(25)21(23)26/h3-13H,1,14H2,2H3,(H2,23,26)(H,24,27). The summed E-state index contributed by atoms with van der Waals surface area (Å²) in [6.45, 7) is 5.36. The Balaban J connectivity index is 1.68. The van der Waals surface area contributed by atoms with E-state index in [2.05, 4.69) is 11.9 Å². The number of allylic oxidation sites excluding steroid dienone is 1. The number of anilines is 1. The lowest BCUT2D eigenvalue weighted by Gasteiger charge is -2.09. The molecule has 0 bridgehead atoms. The van der Waals surface area contributed by atoms with Gasteiger partial charge >= 0.3 is 0 Å². The van der Waals surface area contributed by atoms with Crippen LogP contribution < -0.4 is 11.1 Å². The van der Waals surface area contributed by atoms with Gasteiger partial charge in [0, 0.05) is 28.9 Å². The van der Waals surface area contributed by atoms with Crippen molar-refractivity contribution in [2.24, 2.45) is 5.73 Å². The van der Waals surface area contributed by atoms with E-state index in [1.165, 1.54) is 31.2 Å². The Labute approximate surface area is 174 Å². The van der Waals surface area contributed by atoms with Gasteiger partial charge in [-0.05, 0) is 61.0 Å². The number of carbonyl (C=O) groups excluding carboxylic acids is 2. The number of benzene rings is 2.